The van der Waals surface area contributed by atoms with Crippen LogP contribution in [0.15, 0.2) is 54.6 Å². The first kappa shape index (κ1) is 13.6. The molecule has 2 aromatic rings. The van der Waals surface area contributed by atoms with Gasteiger partial charge in [-0.05, 0) is 36.1 Å². The minimum Gasteiger partial charge on any atom is -0.494 e. The minimum absolute atomic E-state index is 0.0450. The van der Waals surface area contributed by atoms with E-state index >= 15 is 0 Å². The Balaban J connectivity index is 1.96. The van der Waals surface area contributed by atoms with Crippen LogP contribution in [0.5, 0.6) is 5.75 Å². The van der Waals surface area contributed by atoms with E-state index in [1.807, 2.05) is 30.3 Å². The van der Waals surface area contributed by atoms with Gasteiger partial charge in [-0.3, -0.25) is 0 Å². The topological polar surface area (TPSA) is 35.2 Å². The summed E-state index contributed by atoms with van der Waals surface area (Å²) in [4.78, 5) is 0. The maximum Gasteiger partial charge on any atom is 0.119 e. The van der Waals surface area contributed by atoms with Crippen molar-refractivity contribution >= 4 is 0 Å². The third-order valence-corrected chi connectivity index (χ3v) is 3.08. The van der Waals surface area contributed by atoms with Crippen LogP contribution in [0, 0.1) is 0 Å². The number of rotatable bonds is 6. The van der Waals surface area contributed by atoms with Crippen LogP contribution in [0.1, 0.15) is 30.5 Å². The average Bonchev–Trinajstić information content (AvgIpc) is 2.47. The molecule has 2 nitrogen and oxygen atoms in total. The van der Waals surface area contributed by atoms with Gasteiger partial charge < -0.3 is 10.5 Å². The Hall–Kier alpha value is -1.80. The first-order valence-corrected chi connectivity index (χ1v) is 6.82. The van der Waals surface area contributed by atoms with Crippen LogP contribution in [0.25, 0.3) is 0 Å². The summed E-state index contributed by atoms with van der Waals surface area (Å²) in [6.45, 7) is 2.87. The smallest absolute Gasteiger partial charge is 0.119 e. The molecule has 0 amide bonds. The van der Waals surface area contributed by atoms with Crippen LogP contribution < -0.4 is 10.5 Å². The number of benzene rings is 2. The molecule has 100 valence electrons. The molecular weight excluding hydrogens is 234 g/mol. The first-order valence-electron chi connectivity index (χ1n) is 6.82. The van der Waals surface area contributed by atoms with E-state index in [9.17, 15) is 0 Å². The molecule has 0 aliphatic rings. The highest BCUT2D eigenvalue weighted by Crippen LogP contribution is 2.18. The molecule has 2 rings (SSSR count). The number of nitrogens with two attached hydrogens (primary N) is 1. The maximum absolute atomic E-state index is 6.21. The Morgan fingerprint density at radius 2 is 1.68 bits per heavy atom. The SMILES string of the molecule is CCCOc1ccc(CC(N)c2ccccc2)cc1. The standard InChI is InChI=1S/C17H21NO/c1-2-12-19-16-10-8-14(9-11-16)13-17(18)15-6-4-3-5-7-15/h3-11,17H,2,12-13,18H2,1H3. The van der Waals surface area contributed by atoms with Gasteiger partial charge in [-0.2, -0.15) is 0 Å². The fourth-order valence-electron chi connectivity index (χ4n) is 2.01. The van der Waals surface area contributed by atoms with Crippen LogP contribution in [0.3, 0.4) is 0 Å². The van der Waals surface area contributed by atoms with E-state index in [0.29, 0.717) is 0 Å². The lowest BCUT2D eigenvalue weighted by Crippen LogP contribution is -2.13. The molecule has 19 heavy (non-hydrogen) atoms. The van der Waals surface area contributed by atoms with Crippen molar-refractivity contribution < 1.29 is 4.74 Å². The van der Waals surface area contributed by atoms with Gasteiger partial charge in [-0.25, -0.2) is 0 Å². The summed E-state index contributed by atoms with van der Waals surface area (Å²) in [6, 6.07) is 18.5. The van der Waals surface area contributed by atoms with Crippen molar-refractivity contribution in [3.8, 4) is 5.75 Å². The van der Waals surface area contributed by atoms with Crippen LogP contribution >= 0.6 is 0 Å². The quantitative estimate of drug-likeness (QED) is 0.854. The van der Waals surface area contributed by atoms with Gasteiger partial charge in [0.15, 0.2) is 0 Å². The van der Waals surface area contributed by atoms with Gasteiger partial charge in [0, 0.05) is 6.04 Å². The molecule has 0 spiro atoms. The van der Waals surface area contributed by atoms with E-state index in [0.717, 1.165) is 25.2 Å². The predicted octanol–water partition coefficient (Wildman–Crippen LogP) is 3.72. The summed E-state index contributed by atoms with van der Waals surface area (Å²) in [5, 5.41) is 0. The molecule has 0 aliphatic carbocycles. The van der Waals surface area contributed by atoms with Crippen molar-refractivity contribution in [2.45, 2.75) is 25.8 Å². The van der Waals surface area contributed by atoms with E-state index in [-0.39, 0.29) is 6.04 Å². The summed E-state index contributed by atoms with van der Waals surface area (Å²) in [6.07, 6.45) is 1.87. The molecule has 0 aromatic heterocycles. The Kier molecular flexibility index (Phi) is 4.99. The Morgan fingerprint density at radius 3 is 2.32 bits per heavy atom. The molecule has 0 saturated heterocycles. The van der Waals surface area contributed by atoms with Crippen molar-refractivity contribution in [2.75, 3.05) is 6.61 Å². The summed E-state index contributed by atoms with van der Waals surface area (Å²) in [5.74, 6) is 0.930. The van der Waals surface area contributed by atoms with Crippen molar-refractivity contribution in [3.05, 3.63) is 65.7 Å². The predicted molar refractivity (Wildman–Crippen MR) is 79.3 cm³/mol. The summed E-state index contributed by atoms with van der Waals surface area (Å²) in [7, 11) is 0. The lowest BCUT2D eigenvalue weighted by Gasteiger charge is -2.12. The zero-order valence-corrected chi connectivity index (χ0v) is 11.4. The second-order valence-corrected chi connectivity index (χ2v) is 4.71. The van der Waals surface area contributed by atoms with E-state index in [4.69, 9.17) is 10.5 Å². The lowest BCUT2D eigenvalue weighted by atomic mass is 10.00. The second-order valence-electron chi connectivity index (χ2n) is 4.71. The molecular formula is C17H21NO. The van der Waals surface area contributed by atoms with Crippen molar-refractivity contribution in [2.24, 2.45) is 5.73 Å². The molecule has 0 aliphatic heterocycles. The largest absolute Gasteiger partial charge is 0.494 e. The average molecular weight is 255 g/mol. The normalized spacial score (nSPS) is 12.1. The van der Waals surface area contributed by atoms with E-state index < -0.39 is 0 Å². The van der Waals surface area contributed by atoms with Crippen LogP contribution in [0.4, 0.5) is 0 Å². The summed E-state index contributed by atoms with van der Waals surface area (Å²) in [5.41, 5.74) is 8.63. The fourth-order valence-corrected chi connectivity index (χ4v) is 2.01. The lowest BCUT2D eigenvalue weighted by molar-refractivity contribution is 0.317. The molecule has 1 unspecified atom stereocenters. The van der Waals surface area contributed by atoms with Crippen LogP contribution in [0.2, 0.25) is 0 Å². The molecule has 2 heteroatoms. The molecule has 0 saturated carbocycles. The number of hydrogen-bond acceptors (Lipinski definition) is 2. The van der Waals surface area contributed by atoms with E-state index in [1.165, 1.54) is 11.1 Å². The van der Waals surface area contributed by atoms with Gasteiger partial charge in [0.05, 0.1) is 6.61 Å². The third-order valence-electron chi connectivity index (χ3n) is 3.08. The molecule has 0 radical (unpaired) electrons. The van der Waals surface area contributed by atoms with Crippen LogP contribution in [-0.4, -0.2) is 6.61 Å². The van der Waals surface area contributed by atoms with Gasteiger partial charge in [-0.1, -0.05) is 49.4 Å². The second kappa shape index (κ2) is 6.95. The van der Waals surface area contributed by atoms with E-state index in [1.54, 1.807) is 0 Å². The van der Waals surface area contributed by atoms with Gasteiger partial charge in [0.2, 0.25) is 0 Å². The van der Waals surface area contributed by atoms with Gasteiger partial charge in [0.25, 0.3) is 0 Å². The highest BCUT2D eigenvalue weighted by Gasteiger charge is 2.06. The van der Waals surface area contributed by atoms with Gasteiger partial charge in [-0.15, -0.1) is 0 Å². The molecule has 2 N–H and O–H groups in total. The van der Waals surface area contributed by atoms with Gasteiger partial charge >= 0.3 is 0 Å². The maximum atomic E-state index is 6.21. The third kappa shape index (κ3) is 4.11. The zero-order chi connectivity index (χ0) is 13.5. The molecule has 0 bridgehead atoms. The highest BCUT2D eigenvalue weighted by molar-refractivity contribution is 5.29. The summed E-state index contributed by atoms with van der Waals surface area (Å²) < 4.78 is 5.57. The van der Waals surface area contributed by atoms with Crippen molar-refractivity contribution in [1.82, 2.24) is 0 Å². The van der Waals surface area contributed by atoms with Crippen LogP contribution in [-0.2, 0) is 6.42 Å². The van der Waals surface area contributed by atoms with Gasteiger partial charge in [0.1, 0.15) is 5.75 Å². The van der Waals surface area contributed by atoms with Crippen molar-refractivity contribution in [3.63, 3.8) is 0 Å². The minimum atomic E-state index is 0.0450. The number of ether oxygens (including phenoxy) is 1. The Bertz CT molecular complexity index is 478. The highest BCUT2D eigenvalue weighted by atomic mass is 16.5. The molecule has 2 aromatic carbocycles. The summed E-state index contributed by atoms with van der Waals surface area (Å²) >= 11 is 0. The monoisotopic (exact) mass is 255 g/mol. The van der Waals surface area contributed by atoms with Crippen molar-refractivity contribution in [1.29, 1.82) is 0 Å². The fraction of sp³-hybridized carbons (Fsp3) is 0.294. The molecule has 0 fully saturated rings. The first-order chi connectivity index (χ1) is 9.29. The van der Waals surface area contributed by atoms with E-state index in [2.05, 4.69) is 31.2 Å². The Morgan fingerprint density at radius 1 is 1.00 bits per heavy atom. The molecule has 1 atom stereocenters. The molecule has 0 heterocycles. The number of hydrogen-bond donors (Lipinski definition) is 1. The Labute approximate surface area is 115 Å². The zero-order valence-electron chi connectivity index (χ0n) is 11.4.